The number of rotatable bonds is 6. The molecule has 7 nitrogen and oxygen atoms in total. The van der Waals surface area contributed by atoms with Gasteiger partial charge in [-0.3, -0.25) is 14.2 Å². The first-order valence-electron chi connectivity index (χ1n) is 13.0. The summed E-state index contributed by atoms with van der Waals surface area (Å²) in [5.74, 6) is -0.402. The highest BCUT2D eigenvalue weighted by Crippen LogP contribution is 2.53. The quantitative estimate of drug-likeness (QED) is 0.347. The Morgan fingerprint density at radius 3 is 2.79 bits per heavy atom. The summed E-state index contributed by atoms with van der Waals surface area (Å²) in [6.07, 6.45) is 11.3. The minimum atomic E-state index is -0.568. The number of aromatic nitrogens is 4. The first-order valence-corrected chi connectivity index (χ1v) is 13.0. The molecule has 2 aromatic carbocycles. The molecule has 1 atom stereocenters. The van der Waals surface area contributed by atoms with Crippen LogP contribution < -0.4 is 5.32 Å². The van der Waals surface area contributed by atoms with E-state index < -0.39 is 11.7 Å². The van der Waals surface area contributed by atoms with Crippen molar-refractivity contribution in [2.24, 2.45) is 0 Å². The zero-order valence-corrected chi connectivity index (χ0v) is 20.7. The van der Waals surface area contributed by atoms with Crippen LogP contribution >= 0.6 is 0 Å². The summed E-state index contributed by atoms with van der Waals surface area (Å²) < 4.78 is 22.6. The van der Waals surface area contributed by atoms with Crippen molar-refractivity contribution in [2.75, 3.05) is 13.2 Å². The third-order valence-electron chi connectivity index (χ3n) is 7.82. The van der Waals surface area contributed by atoms with Crippen molar-refractivity contribution in [3.63, 3.8) is 0 Å². The number of halogens is 1. The average molecular weight is 508 g/mol. The molecule has 1 aliphatic heterocycles. The van der Waals surface area contributed by atoms with E-state index in [4.69, 9.17) is 4.74 Å². The van der Waals surface area contributed by atoms with Crippen molar-refractivity contribution in [3.05, 3.63) is 96.0 Å². The third kappa shape index (κ3) is 3.92. The van der Waals surface area contributed by atoms with Gasteiger partial charge in [-0.25, -0.2) is 14.4 Å². The van der Waals surface area contributed by atoms with Gasteiger partial charge in [0.2, 0.25) is 5.78 Å². The molecular formula is C30H26FN5O2. The molecule has 1 unspecified atom stereocenters. The lowest BCUT2D eigenvalue weighted by atomic mass is 9.91. The van der Waals surface area contributed by atoms with Crippen LogP contribution in [-0.4, -0.2) is 44.5 Å². The predicted molar refractivity (Wildman–Crippen MR) is 141 cm³/mol. The largest absolute Gasteiger partial charge is 0.376 e. The normalized spacial score (nSPS) is 18.2. The molecule has 1 saturated heterocycles. The van der Waals surface area contributed by atoms with Crippen LogP contribution in [0.1, 0.15) is 47.3 Å². The lowest BCUT2D eigenvalue weighted by molar-refractivity contribution is 0.0854. The molecule has 2 fully saturated rings. The van der Waals surface area contributed by atoms with Gasteiger partial charge < -0.3 is 10.1 Å². The standard InChI is InChI=1S/C30H26FN5O2/c31-25-14-19(5-7-24(25)28(37)33-16-23-4-2-12-38-23)21-15-34-29-35-17-27(36(29)18-21)30(9-10-30)22-6-8-26-20(13-22)3-1-11-32-26/h1,3,5-8,11,13-15,17-18,23H,2,4,9-10,12,16H2,(H,33,37). The van der Waals surface area contributed by atoms with E-state index in [1.54, 1.807) is 18.5 Å². The number of carbonyl (C=O) groups excluding carboxylic acids is 1. The van der Waals surface area contributed by atoms with Crippen LogP contribution in [0.2, 0.25) is 0 Å². The smallest absolute Gasteiger partial charge is 0.254 e. The molecule has 1 saturated carbocycles. The molecule has 0 spiro atoms. The fourth-order valence-electron chi connectivity index (χ4n) is 5.55. The molecule has 8 heteroatoms. The van der Waals surface area contributed by atoms with Crippen LogP contribution in [0.15, 0.2) is 73.3 Å². The van der Waals surface area contributed by atoms with Gasteiger partial charge in [0, 0.05) is 48.1 Å². The molecular weight excluding hydrogens is 481 g/mol. The highest BCUT2D eigenvalue weighted by Gasteiger charge is 2.48. The van der Waals surface area contributed by atoms with Crippen molar-refractivity contribution in [1.82, 2.24) is 24.7 Å². The van der Waals surface area contributed by atoms with Crippen LogP contribution in [-0.2, 0) is 10.2 Å². The van der Waals surface area contributed by atoms with Crippen LogP contribution in [0.4, 0.5) is 4.39 Å². The van der Waals surface area contributed by atoms with Gasteiger partial charge in [0.1, 0.15) is 5.82 Å². The van der Waals surface area contributed by atoms with Gasteiger partial charge in [0.05, 0.1) is 29.1 Å². The molecule has 0 radical (unpaired) electrons. The van der Waals surface area contributed by atoms with E-state index in [9.17, 15) is 4.79 Å². The van der Waals surface area contributed by atoms with Crippen molar-refractivity contribution in [2.45, 2.75) is 37.2 Å². The fraction of sp³-hybridized carbons (Fsp3) is 0.267. The second-order valence-corrected chi connectivity index (χ2v) is 10.2. The number of carbonyl (C=O) groups is 1. The van der Waals surface area contributed by atoms with Gasteiger partial charge in [-0.2, -0.15) is 0 Å². The highest BCUT2D eigenvalue weighted by atomic mass is 19.1. The van der Waals surface area contributed by atoms with Crippen LogP contribution in [0.5, 0.6) is 0 Å². The molecule has 5 aromatic rings. The molecule has 2 aliphatic rings. The number of pyridine rings is 1. The Hall–Kier alpha value is -4.17. The minimum absolute atomic E-state index is 0.00416. The Morgan fingerprint density at radius 1 is 1.08 bits per heavy atom. The van der Waals surface area contributed by atoms with Gasteiger partial charge in [0.25, 0.3) is 5.91 Å². The maximum Gasteiger partial charge on any atom is 0.254 e. The molecule has 4 heterocycles. The van der Waals surface area contributed by atoms with Crippen molar-refractivity contribution in [3.8, 4) is 11.1 Å². The van der Waals surface area contributed by atoms with Crippen LogP contribution in [0.3, 0.4) is 0 Å². The van der Waals surface area contributed by atoms with E-state index in [1.807, 2.05) is 22.9 Å². The van der Waals surface area contributed by atoms with E-state index >= 15 is 4.39 Å². The molecule has 1 amide bonds. The van der Waals surface area contributed by atoms with E-state index in [-0.39, 0.29) is 17.1 Å². The Balaban J connectivity index is 1.19. The SMILES string of the molecule is O=C(NCC1CCCO1)c1ccc(-c2cnc3ncc(C4(c5ccc6ncccc6c5)CC4)n3c2)cc1F. The summed E-state index contributed by atoms with van der Waals surface area (Å²) in [5.41, 5.74) is 4.55. The number of hydrogen-bond acceptors (Lipinski definition) is 5. The summed E-state index contributed by atoms with van der Waals surface area (Å²) in [4.78, 5) is 26.1. The molecule has 7 rings (SSSR count). The van der Waals surface area contributed by atoms with Gasteiger partial charge in [0.15, 0.2) is 0 Å². The number of ether oxygens (including phenoxy) is 1. The summed E-state index contributed by atoms with van der Waals surface area (Å²) in [6, 6.07) is 15.1. The third-order valence-corrected chi connectivity index (χ3v) is 7.82. The number of imidazole rings is 1. The summed E-state index contributed by atoms with van der Waals surface area (Å²) in [7, 11) is 0. The summed E-state index contributed by atoms with van der Waals surface area (Å²) in [6.45, 7) is 1.10. The monoisotopic (exact) mass is 507 g/mol. The first-order chi connectivity index (χ1) is 18.6. The number of benzene rings is 2. The maximum absolute atomic E-state index is 15.0. The number of nitrogens with one attached hydrogen (secondary N) is 1. The molecule has 1 N–H and O–H groups in total. The van der Waals surface area contributed by atoms with E-state index in [0.717, 1.165) is 47.8 Å². The van der Waals surface area contributed by atoms with Gasteiger partial charge in [-0.1, -0.05) is 18.2 Å². The van der Waals surface area contributed by atoms with Gasteiger partial charge >= 0.3 is 0 Å². The second kappa shape index (κ2) is 8.99. The van der Waals surface area contributed by atoms with Crippen LogP contribution in [0, 0.1) is 5.82 Å². The topological polar surface area (TPSA) is 81.4 Å². The van der Waals surface area contributed by atoms with Gasteiger partial charge in [-0.15, -0.1) is 0 Å². The summed E-state index contributed by atoms with van der Waals surface area (Å²) >= 11 is 0. The Labute approximate surface area is 218 Å². The lowest BCUT2D eigenvalue weighted by Crippen LogP contribution is -2.32. The Bertz CT molecular complexity index is 1690. The predicted octanol–water partition coefficient (Wildman–Crippen LogP) is 5.07. The van der Waals surface area contributed by atoms with Crippen molar-refractivity contribution < 1.29 is 13.9 Å². The van der Waals surface area contributed by atoms with Crippen molar-refractivity contribution >= 4 is 22.6 Å². The van der Waals surface area contributed by atoms with E-state index in [2.05, 4.69) is 44.5 Å². The molecule has 0 bridgehead atoms. The average Bonchev–Trinajstić information content (AvgIpc) is 3.37. The minimum Gasteiger partial charge on any atom is -0.376 e. The van der Waals surface area contributed by atoms with E-state index in [0.29, 0.717) is 24.5 Å². The van der Waals surface area contributed by atoms with Crippen LogP contribution in [0.25, 0.3) is 27.8 Å². The lowest BCUT2D eigenvalue weighted by Gasteiger charge is -2.17. The number of hydrogen-bond donors (Lipinski definition) is 1. The second-order valence-electron chi connectivity index (χ2n) is 10.2. The number of nitrogens with zero attached hydrogens (tertiary/aromatic N) is 4. The Kier molecular flexibility index (Phi) is 5.44. The number of fused-ring (bicyclic) bond motifs is 2. The summed E-state index contributed by atoms with van der Waals surface area (Å²) in [5, 5.41) is 3.90. The molecule has 3 aromatic heterocycles. The van der Waals surface area contributed by atoms with Gasteiger partial charge in [-0.05, 0) is 67.1 Å². The fourth-order valence-corrected chi connectivity index (χ4v) is 5.55. The van der Waals surface area contributed by atoms with Crippen molar-refractivity contribution in [1.29, 1.82) is 0 Å². The first kappa shape index (κ1) is 23.0. The molecule has 38 heavy (non-hydrogen) atoms. The molecule has 190 valence electrons. The highest BCUT2D eigenvalue weighted by molar-refractivity contribution is 5.95. The zero-order chi connectivity index (χ0) is 25.7. The number of amides is 1. The molecule has 1 aliphatic carbocycles. The Morgan fingerprint density at radius 2 is 1.97 bits per heavy atom. The maximum atomic E-state index is 15.0. The van der Waals surface area contributed by atoms with E-state index in [1.165, 1.54) is 17.7 Å². The zero-order valence-electron chi connectivity index (χ0n) is 20.7.